The Morgan fingerprint density at radius 3 is 2.25 bits per heavy atom. The van der Waals surface area contributed by atoms with Crippen molar-refractivity contribution in [1.29, 1.82) is 0 Å². The smallest absolute Gasteiger partial charge is 0.233 e. The molecule has 1 heterocycles. The van der Waals surface area contributed by atoms with Gasteiger partial charge < -0.3 is 5.32 Å². The molecule has 1 aliphatic heterocycles. The quantitative estimate of drug-likeness (QED) is 0.868. The lowest BCUT2D eigenvalue weighted by molar-refractivity contribution is 0.402. The van der Waals surface area contributed by atoms with Crippen molar-refractivity contribution in [3.8, 4) is 0 Å². The molecular weight excluding hydrogens is 343 g/mol. The Labute approximate surface area is 133 Å². The summed E-state index contributed by atoms with van der Waals surface area (Å²) in [4.78, 5) is 0. The molecule has 0 amide bonds. The van der Waals surface area contributed by atoms with Gasteiger partial charge in [0.2, 0.25) is 10.0 Å². The first-order chi connectivity index (χ1) is 9.37. The highest BCUT2D eigenvalue weighted by molar-refractivity contribution is 7.92. The predicted molar refractivity (Wildman–Crippen MR) is 84.5 cm³/mol. The maximum atomic E-state index is 12.2. The number of nitrogens with one attached hydrogen (secondary N) is 2. The molecule has 0 bridgehead atoms. The van der Waals surface area contributed by atoms with Gasteiger partial charge in [-0.2, -0.15) is 0 Å². The third kappa shape index (κ3) is 4.40. The zero-order valence-corrected chi connectivity index (χ0v) is 13.7. The third-order valence-electron chi connectivity index (χ3n) is 3.18. The van der Waals surface area contributed by atoms with Crippen molar-refractivity contribution < 1.29 is 8.42 Å². The summed E-state index contributed by atoms with van der Waals surface area (Å²) in [6, 6.07) is 2.91. The summed E-state index contributed by atoms with van der Waals surface area (Å²) in [5, 5.41) is 3.95. The molecule has 4 nitrogen and oxygen atoms in total. The van der Waals surface area contributed by atoms with Gasteiger partial charge in [0.25, 0.3) is 0 Å². The van der Waals surface area contributed by atoms with Gasteiger partial charge in [-0.05, 0) is 44.0 Å². The molecule has 2 N–H and O–H groups in total. The van der Waals surface area contributed by atoms with E-state index in [9.17, 15) is 8.42 Å². The third-order valence-corrected chi connectivity index (χ3v) is 5.42. The van der Waals surface area contributed by atoms with Crippen molar-refractivity contribution in [3.63, 3.8) is 0 Å². The summed E-state index contributed by atoms with van der Waals surface area (Å²) >= 11 is 17.8. The SMILES string of the molecule is O=S(=O)(CC1CCNCC1)Nc1c(Cl)cc(Cl)cc1Cl. The van der Waals surface area contributed by atoms with Gasteiger partial charge in [0, 0.05) is 5.02 Å². The number of rotatable bonds is 4. The lowest BCUT2D eigenvalue weighted by Crippen LogP contribution is -2.33. The molecule has 0 atom stereocenters. The minimum atomic E-state index is -3.48. The van der Waals surface area contributed by atoms with Crippen LogP contribution < -0.4 is 10.0 Å². The van der Waals surface area contributed by atoms with E-state index in [0.29, 0.717) is 5.02 Å². The lowest BCUT2D eigenvalue weighted by atomic mass is 10.0. The fourth-order valence-electron chi connectivity index (χ4n) is 2.20. The van der Waals surface area contributed by atoms with E-state index in [2.05, 4.69) is 10.0 Å². The summed E-state index contributed by atoms with van der Waals surface area (Å²) in [7, 11) is -3.48. The lowest BCUT2D eigenvalue weighted by Gasteiger charge is -2.22. The average Bonchev–Trinajstić information content (AvgIpc) is 2.34. The van der Waals surface area contributed by atoms with E-state index < -0.39 is 10.0 Å². The van der Waals surface area contributed by atoms with Crippen LogP contribution in [0.5, 0.6) is 0 Å². The van der Waals surface area contributed by atoms with Gasteiger partial charge >= 0.3 is 0 Å². The van der Waals surface area contributed by atoms with Crippen LogP contribution in [0.1, 0.15) is 12.8 Å². The van der Waals surface area contributed by atoms with Crippen LogP contribution in [-0.2, 0) is 10.0 Å². The van der Waals surface area contributed by atoms with Gasteiger partial charge in [-0.1, -0.05) is 34.8 Å². The van der Waals surface area contributed by atoms with Crippen molar-refractivity contribution in [2.45, 2.75) is 12.8 Å². The first-order valence-corrected chi connectivity index (χ1v) is 9.02. The van der Waals surface area contributed by atoms with Crippen LogP contribution >= 0.6 is 34.8 Å². The van der Waals surface area contributed by atoms with Gasteiger partial charge in [0.05, 0.1) is 21.5 Å². The number of hydrogen-bond acceptors (Lipinski definition) is 3. The highest BCUT2D eigenvalue weighted by atomic mass is 35.5. The van der Waals surface area contributed by atoms with Gasteiger partial charge in [-0.3, -0.25) is 4.72 Å². The maximum absolute atomic E-state index is 12.2. The van der Waals surface area contributed by atoms with Crippen LogP contribution in [0.2, 0.25) is 15.1 Å². The van der Waals surface area contributed by atoms with Gasteiger partial charge in [-0.25, -0.2) is 8.42 Å². The highest BCUT2D eigenvalue weighted by Gasteiger charge is 2.22. The number of sulfonamides is 1. The van der Waals surface area contributed by atoms with E-state index in [4.69, 9.17) is 34.8 Å². The molecule has 1 fully saturated rings. The number of hydrogen-bond donors (Lipinski definition) is 2. The monoisotopic (exact) mass is 356 g/mol. The van der Waals surface area contributed by atoms with Crippen molar-refractivity contribution in [2.75, 3.05) is 23.6 Å². The zero-order valence-electron chi connectivity index (χ0n) is 10.6. The van der Waals surface area contributed by atoms with E-state index >= 15 is 0 Å². The minimum absolute atomic E-state index is 0.0734. The molecule has 20 heavy (non-hydrogen) atoms. The molecule has 112 valence electrons. The van der Waals surface area contributed by atoms with E-state index in [-0.39, 0.29) is 27.4 Å². The van der Waals surface area contributed by atoms with E-state index in [1.807, 2.05) is 0 Å². The van der Waals surface area contributed by atoms with Crippen LogP contribution in [0.15, 0.2) is 12.1 Å². The molecule has 1 aliphatic rings. The van der Waals surface area contributed by atoms with Gasteiger partial charge in [0.1, 0.15) is 0 Å². The Bertz CT molecular complexity index is 563. The summed E-state index contributed by atoms with van der Waals surface area (Å²) in [5.74, 6) is 0.225. The molecule has 1 aromatic rings. The molecule has 0 aliphatic carbocycles. The second kappa shape index (κ2) is 6.71. The van der Waals surface area contributed by atoms with Crippen LogP contribution in [-0.4, -0.2) is 27.3 Å². The molecule has 1 aromatic carbocycles. The number of anilines is 1. The number of halogens is 3. The molecule has 0 aromatic heterocycles. The summed E-state index contributed by atoms with van der Waals surface area (Å²) in [6.07, 6.45) is 1.70. The summed E-state index contributed by atoms with van der Waals surface area (Å²) in [6.45, 7) is 1.70. The largest absolute Gasteiger partial charge is 0.317 e. The second-order valence-corrected chi connectivity index (χ2v) is 7.84. The fourth-order valence-corrected chi connectivity index (χ4v) is 4.79. The van der Waals surface area contributed by atoms with Crippen LogP contribution in [0.25, 0.3) is 0 Å². The summed E-state index contributed by atoms with van der Waals surface area (Å²) in [5.41, 5.74) is 0.187. The maximum Gasteiger partial charge on any atom is 0.233 e. The Balaban J connectivity index is 2.11. The molecule has 8 heteroatoms. The topological polar surface area (TPSA) is 58.2 Å². The average molecular weight is 358 g/mol. The molecule has 0 spiro atoms. The highest BCUT2D eigenvalue weighted by Crippen LogP contribution is 2.34. The standard InChI is InChI=1S/C12H15Cl3N2O2S/c13-9-5-10(14)12(11(15)6-9)17-20(18,19)7-8-1-3-16-4-2-8/h5-6,8,16-17H,1-4,7H2. The first kappa shape index (κ1) is 16.2. The Morgan fingerprint density at radius 2 is 1.70 bits per heavy atom. The van der Waals surface area contributed by atoms with Crippen LogP contribution in [0.4, 0.5) is 5.69 Å². The van der Waals surface area contributed by atoms with E-state index in [1.165, 1.54) is 12.1 Å². The first-order valence-electron chi connectivity index (χ1n) is 6.23. The molecular formula is C12H15Cl3N2O2S. The normalized spacial score (nSPS) is 17.1. The summed E-state index contributed by atoms with van der Waals surface area (Å²) < 4.78 is 26.8. The van der Waals surface area contributed by atoms with Crippen LogP contribution in [0, 0.1) is 5.92 Å². The zero-order chi connectivity index (χ0) is 14.8. The molecule has 0 unspecified atom stereocenters. The molecule has 2 rings (SSSR count). The Kier molecular flexibility index (Phi) is 5.42. The molecule has 0 radical (unpaired) electrons. The Hall–Kier alpha value is -0.200. The van der Waals surface area contributed by atoms with Crippen molar-refractivity contribution in [1.82, 2.24) is 5.32 Å². The van der Waals surface area contributed by atoms with E-state index in [0.717, 1.165) is 25.9 Å². The fraction of sp³-hybridized carbons (Fsp3) is 0.500. The van der Waals surface area contributed by atoms with Crippen LogP contribution in [0.3, 0.4) is 0 Å². The predicted octanol–water partition coefficient (Wildman–Crippen LogP) is 3.39. The van der Waals surface area contributed by atoms with Gasteiger partial charge in [0.15, 0.2) is 0 Å². The molecule has 0 saturated carbocycles. The minimum Gasteiger partial charge on any atom is -0.317 e. The number of piperidine rings is 1. The van der Waals surface area contributed by atoms with E-state index in [1.54, 1.807) is 0 Å². The van der Waals surface area contributed by atoms with Crippen molar-refractivity contribution in [2.24, 2.45) is 5.92 Å². The van der Waals surface area contributed by atoms with Crippen molar-refractivity contribution in [3.05, 3.63) is 27.2 Å². The Morgan fingerprint density at radius 1 is 1.15 bits per heavy atom. The van der Waals surface area contributed by atoms with Gasteiger partial charge in [-0.15, -0.1) is 0 Å². The second-order valence-electron chi connectivity index (χ2n) is 4.82. The molecule has 1 saturated heterocycles. The van der Waals surface area contributed by atoms with Crippen molar-refractivity contribution >= 4 is 50.5 Å². The number of benzene rings is 1.